The largest absolute Gasteiger partial charge is 0.399 e. The van der Waals surface area contributed by atoms with Crippen molar-refractivity contribution in [2.24, 2.45) is 0 Å². The normalized spacial score (nSPS) is 10.2. The van der Waals surface area contributed by atoms with E-state index in [0.29, 0.717) is 17.8 Å². The second-order valence-electron chi connectivity index (χ2n) is 4.63. The highest BCUT2D eigenvalue weighted by atomic mass is 16.1. The fraction of sp³-hybridized carbons (Fsp3) is 0.500. The molecule has 0 unspecified atom stereocenters. The minimum Gasteiger partial charge on any atom is -0.399 e. The minimum absolute atomic E-state index is 0.0536. The van der Waals surface area contributed by atoms with Gasteiger partial charge in [0, 0.05) is 32.0 Å². The Labute approximate surface area is 109 Å². The first-order valence-corrected chi connectivity index (χ1v) is 6.41. The zero-order chi connectivity index (χ0) is 13.5. The lowest BCUT2D eigenvalue weighted by Crippen LogP contribution is -2.26. The molecule has 0 spiro atoms. The standard InChI is InChI=1S/C14H23N3O/c1-4-5-6-9-16-14(18)12-10-11(15)7-8-13(12)17(2)3/h7-8,10H,4-6,9,15H2,1-3H3,(H,16,18). The van der Waals surface area contributed by atoms with E-state index in [1.54, 1.807) is 6.07 Å². The Hall–Kier alpha value is -1.71. The lowest BCUT2D eigenvalue weighted by atomic mass is 10.1. The van der Waals surface area contributed by atoms with Crippen molar-refractivity contribution >= 4 is 17.3 Å². The lowest BCUT2D eigenvalue weighted by Gasteiger charge is -2.17. The molecule has 0 aliphatic rings. The van der Waals surface area contributed by atoms with Gasteiger partial charge >= 0.3 is 0 Å². The van der Waals surface area contributed by atoms with Gasteiger partial charge in [0.15, 0.2) is 0 Å². The van der Waals surface area contributed by atoms with Crippen LogP contribution in [0.1, 0.15) is 36.5 Å². The van der Waals surface area contributed by atoms with Crippen LogP contribution in [-0.4, -0.2) is 26.5 Å². The van der Waals surface area contributed by atoms with Crippen molar-refractivity contribution in [1.29, 1.82) is 0 Å². The SMILES string of the molecule is CCCCCNC(=O)c1cc(N)ccc1N(C)C. The molecule has 18 heavy (non-hydrogen) atoms. The smallest absolute Gasteiger partial charge is 0.253 e. The number of nitrogens with one attached hydrogen (secondary N) is 1. The van der Waals surface area contributed by atoms with E-state index in [1.807, 2.05) is 31.1 Å². The van der Waals surface area contributed by atoms with Crippen molar-refractivity contribution in [3.63, 3.8) is 0 Å². The van der Waals surface area contributed by atoms with Gasteiger partial charge in [-0.05, 0) is 24.6 Å². The third kappa shape index (κ3) is 3.95. The van der Waals surface area contributed by atoms with E-state index in [0.717, 1.165) is 24.9 Å². The second kappa shape index (κ2) is 6.89. The van der Waals surface area contributed by atoms with Crippen LogP contribution in [0.5, 0.6) is 0 Å². The molecule has 100 valence electrons. The van der Waals surface area contributed by atoms with Gasteiger partial charge in [0.2, 0.25) is 0 Å². The zero-order valence-corrected chi connectivity index (χ0v) is 11.5. The quantitative estimate of drug-likeness (QED) is 0.600. The second-order valence-corrected chi connectivity index (χ2v) is 4.63. The number of amides is 1. The number of nitrogens with two attached hydrogens (primary N) is 1. The van der Waals surface area contributed by atoms with Crippen LogP contribution < -0.4 is 16.0 Å². The molecule has 1 amide bonds. The number of nitrogens with zero attached hydrogens (tertiary/aromatic N) is 1. The topological polar surface area (TPSA) is 58.4 Å². The predicted octanol–water partition coefficient (Wildman–Crippen LogP) is 2.25. The molecule has 0 saturated heterocycles. The van der Waals surface area contributed by atoms with Crippen LogP contribution in [0, 0.1) is 0 Å². The van der Waals surface area contributed by atoms with Gasteiger partial charge in [-0.2, -0.15) is 0 Å². The van der Waals surface area contributed by atoms with E-state index in [2.05, 4.69) is 12.2 Å². The van der Waals surface area contributed by atoms with E-state index in [9.17, 15) is 4.79 Å². The van der Waals surface area contributed by atoms with Gasteiger partial charge in [-0.15, -0.1) is 0 Å². The maximum Gasteiger partial charge on any atom is 0.253 e. The molecule has 4 heteroatoms. The van der Waals surface area contributed by atoms with Gasteiger partial charge in [0.25, 0.3) is 5.91 Å². The Kier molecular flexibility index (Phi) is 5.49. The molecule has 0 aliphatic carbocycles. The van der Waals surface area contributed by atoms with Gasteiger partial charge in [-0.3, -0.25) is 4.79 Å². The Morgan fingerprint density at radius 2 is 2.06 bits per heavy atom. The molecule has 4 nitrogen and oxygen atoms in total. The van der Waals surface area contributed by atoms with E-state index in [4.69, 9.17) is 5.73 Å². The number of nitrogen functional groups attached to an aromatic ring is 1. The first kappa shape index (κ1) is 14.4. The van der Waals surface area contributed by atoms with Crippen LogP contribution in [0.2, 0.25) is 0 Å². The summed E-state index contributed by atoms with van der Waals surface area (Å²) in [6.07, 6.45) is 3.30. The van der Waals surface area contributed by atoms with Crippen LogP contribution in [0.3, 0.4) is 0 Å². The van der Waals surface area contributed by atoms with Crippen LogP contribution in [0.15, 0.2) is 18.2 Å². The molecular weight excluding hydrogens is 226 g/mol. The highest BCUT2D eigenvalue weighted by Crippen LogP contribution is 2.21. The van der Waals surface area contributed by atoms with Crippen molar-refractivity contribution in [1.82, 2.24) is 5.32 Å². The molecule has 0 aliphatic heterocycles. The number of carbonyl (C=O) groups excluding carboxylic acids is 1. The molecular formula is C14H23N3O. The highest BCUT2D eigenvalue weighted by molar-refractivity contribution is 6.00. The average molecular weight is 249 g/mol. The van der Waals surface area contributed by atoms with Crippen LogP contribution in [0.25, 0.3) is 0 Å². The third-order valence-electron chi connectivity index (χ3n) is 2.81. The fourth-order valence-electron chi connectivity index (χ4n) is 1.80. The maximum atomic E-state index is 12.1. The number of unbranched alkanes of at least 4 members (excludes halogenated alkanes) is 2. The van der Waals surface area contributed by atoms with Gasteiger partial charge in [0.05, 0.1) is 5.56 Å². The highest BCUT2D eigenvalue weighted by Gasteiger charge is 2.12. The number of rotatable bonds is 6. The van der Waals surface area contributed by atoms with Gasteiger partial charge < -0.3 is 16.0 Å². The first-order chi connectivity index (χ1) is 8.56. The molecule has 0 aromatic heterocycles. The van der Waals surface area contributed by atoms with E-state index in [-0.39, 0.29) is 5.91 Å². The summed E-state index contributed by atoms with van der Waals surface area (Å²) in [6, 6.07) is 5.41. The fourth-order valence-corrected chi connectivity index (χ4v) is 1.80. The zero-order valence-electron chi connectivity index (χ0n) is 11.5. The summed E-state index contributed by atoms with van der Waals surface area (Å²) < 4.78 is 0. The van der Waals surface area contributed by atoms with Crippen LogP contribution in [-0.2, 0) is 0 Å². The maximum absolute atomic E-state index is 12.1. The molecule has 0 saturated carbocycles. The molecule has 0 atom stereocenters. The molecule has 1 aromatic carbocycles. The molecule has 0 heterocycles. The Bertz CT molecular complexity index is 402. The van der Waals surface area contributed by atoms with Crippen molar-refractivity contribution in [2.45, 2.75) is 26.2 Å². The number of carbonyl (C=O) groups is 1. The van der Waals surface area contributed by atoms with Gasteiger partial charge in [-0.1, -0.05) is 19.8 Å². The molecule has 0 fully saturated rings. The summed E-state index contributed by atoms with van der Waals surface area (Å²) >= 11 is 0. The summed E-state index contributed by atoms with van der Waals surface area (Å²) in [6.45, 7) is 2.86. The Morgan fingerprint density at radius 3 is 2.67 bits per heavy atom. The Morgan fingerprint density at radius 1 is 1.33 bits per heavy atom. The molecule has 3 N–H and O–H groups in total. The lowest BCUT2D eigenvalue weighted by molar-refractivity contribution is 0.0953. The van der Waals surface area contributed by atoms with Gasteiger partial charge in [-0.25, -0.2) is 0 Å². The molecule has 1 aromatic rings. The number of hydrogen-bond donors (Lipinski definition) is 2. The number of benzene rings is 1. The van der Waals surface area contributed by atoms with Gasteiger partial charge in [0.1, 0.15) is 0 Å². The summed E-state index contributed by atoms with van der Waals surface area (Å²) in [5.74, 6) is -0.0536. The van der Waals surface area contributed by atoms with Crippen molar-refractivity contribution in [3.8, 4) is 0 Å². The first-order valence-electron chi connectivity index (χ1n) is 6.41. The molecule has 0 radical (unpaired) electrons. The van der Waals surface area contributed by atoms with Crippen LogP contribution >= 0.6 is 0 Å². The molecule has 1 rings (SSSR count). The van der Waals surface area contributed by atoms with E-state index < -0.39 is 0 Å². The molecule has 0 bridgehead atoms. The number of hydrogen-bond acceptors (Lipinski definition) is 3. The monoisotopic (exact) mass is 249 g/mol. The van der Waals surface area contributed by atoms with Crippen LogP contribution in [0.4, 0.5) is 11.4 Å². The summed E-state index contributed by atoms with van der Waals surface area (Å²) in [5.41, 5.74) is 7.88. The van der Waals surface area contributed by atoms with Crippen molar-refractivity contribution in [3.05, 3.63) is 23.8 Å². The van der Waals surface area contributed by atoms with Crippen molar-refractivity contribution < 1.29 is 4.79 Å². The predicted molar refractivity (Wildman–Crippen MR) is 77.0 cm³/mol. The third-order valence-corrected chi connectivity index (χ3v) is 2.81. The summed E-state index contributed by atoms with van der Waals surface area (Å²) in [7, 11) is 3.83. The summed E-state index contributed by atoms with van der Waals surface area (Å²) in [4.78, 5) is 14.0. The number of anilines is 2. The average Bonchev–Trinajstić information content (AvgIpc) is 2.34. The van der Waals surface area contributed by atoms with E-state index >= 15 is 0 Å². The van der Waals surface area contributed by atoms with E-state index in [1.165, 1.54) is 0 Å². The minimum atomic E-state index is -0.0536. The van der Waals surface area contributed by atoms with Crippen molar-refractivity contribution in [2.75, 3.05) is 31.3 Å². The summed E-state index contributed by atoms with van der Waals surface area (Å²) in [5, 5.41) is 2.94. The Balaban J connectivity index is 2.74.